The van der Waals surface area contributed by atoms with Gasteiger partial charge in [-0.25, -0.2) is 0 Å². The van der Waals surface area contributed by atoms with Crippen LogP contribution in [-0.4, -0.2) is 20.5 Å². The van der Waals surface area contributed by atoms with Gasteiger partial charge in [-0.15, -0.1) is 0 Å². The van der Waals surface area contributed by atoms with Crippen molar-refractivity contribution in [2.45, 2.75) is 19.6 Å². The molecule has 0 aliphatic rings. The van der Waals surface area contributed by atoms with Gasteiger partial charge in [-0.2, -0.15) is 0 Å². The van der Waals surface area contributed by atoms with Crippen LogP contribution in [0.3, 0.4) is 0 Å². The molecule has 0 fully saturated rings. The van der Waals surface area contributed by atoms with E-state index in [2.05, 4.69) is 0 Å². The van der Waals surface area contributed by atoms with E-state index in [-0.39, 0.29) is 18.2 Å². The Balaban J connectivity index is 1.59. The maximum Gasteiger partial charge on any atom is 0.243 e. The Kier molecular flexibility index (Phi) is 4.66. The monoisotopic (exact) mass is 360 g/mol. The number of phenolic OH excluding ortho intramolecular Hbond substituents is 1. The normalized spacial score (nSPS) is 11.0. The Hall–Kier alpha value is -3.47. The molecule has 0 bridgehead atoms. The molecule has 0 saturated heterocycles. The van der Waals surface area contributed by atoms with Crippen LogP contribution in [0.25, 0.3) is 10.9 Å². The lowest BCUT2D eigenvalue weighted by atomic mass is 10.2. The first kappa shape index (κ1) is 17.0. The van der Waals surface area contributed by atoms with Crippen LogP contribution in [0.4, 0.5) is 0 Å². The molecule has 5 nitrogen and oxygen atoms in total. The summed E-state index contributed by atoms with van der Waals surface area (Å²) in [5, 5.41) is 11.2. The number of aromatic nitrogens is 1. The molecule has 0 saturated carbocycles. The molecule has 2 heterocycles. The second-order valence-corrected chi connectivity index (χ2v) is 6.46. The third-order valence-corrected chi connectivity index (χ3v) is 4.62. The first-order valence-corrected chi connectivity index (χ1v) is 8.81. The van der Waals surface area contributed by atoms with E-state index in [4.69, 9.17) is 4.42 Å². The van der Waals surface area contributed by atoms with Crippen LogP contribution in [-0.2, 0) is 24.4 Å². The third kappa shape index (κ3) is 3.72. The van der Waals surface area contributed by atoms with Gasteiger partial charge < -0.3 is 19.0 Å². The summed E-state index contributed by atoms with van der Waals surface area (Å²) < 4.78 is 7.37. The van der Waals surface area contributed by atoms with Crippen molar-refractivity contribution in [3.05, 3.63) is 90.5 Å². The van der Waals surface area contributed by atoms with Crippen molar-refractivity contribution in [1.82, 2.24) is 9.47 Å². The number of phenols is 1. The highest BCUT2D eigenvalue weighted by molar-refractivity contribution is 5.83. The van der Waals surface area contributed by atoms with E-state index in [0.717, 1.165) is 10.9 Å². The highest BCUT2D eigenvalue weighted by Gasteiger charge is 2.18. The van der Waals surface area contributed by atoms with E-state index in [0.29, 0.717) is 24.4 Å². The zero-order valence-electron chi connectivity index (χ0n) is 14.8. The summed E-state index contributed by atoms with van der Waals surface area (Å²) in [6.45, 7) is 0.882. The van der Waals surface area contributed by atoms with Gasteiger partial charge in [0.15, 0.2) is 0 Å². The molecule has 0 spiro atoms. The number of hydrogen-bond donors (Lipinski definition) is 1. The summed E-state index contributed by atoms with van der Waals surface area (Å²) in [5.41, 5.74) is 1.72. The van der Waals surface area contributed by atoms with Gasteiger partial charge in [0.2, 0.25) is 5.91 Å². The van der Waals surface area contributed by atoms with Gasteiger partial charge in [0.1, 0.15) is 18.1 Å². The van der Waals surface area contributed by atoms with Crippen LogP contribution in [0.2, 0.25) is 0 Å². The Morgan fingerprint density at radius 2 is 1.78 bits per heavy atom. The van der Waals surface area contributed by atoms with Gasteiger partial charge in [-0.3, -0.25) is 4.79 Å². The molecule has 27 heavy (non-hydrogen) atoms. The summed E-state index contributed by atoms with van der Waals surface area (Å²) in [6.07, 6.45) is 3.52. The van der Waals surface area contributed by atoms with Gasteiger partial charge in [0.25, 0.3) is 0 Å². The standard InChI is InChI=1S/C22H20N2O3/c25-21-10-4-2-7-18(21)14-24(15-19-8-5-13-27-19)22(26)16-23-12-11-17-6-1-3-9-20(17)23/h1-13,25H,14-16H2. The Bertz CT molecular complexity index is 1050. The number of carbonyl (C=O) groups excluding carboxylic acids is 1. The van der Waals surface area contributed by atoms with E-state index in [1.165, 1.54) is 0 Å². The largest absolute Gasteiger partial charge is 0.508 e. The van der Waals surface area contributed by atoms with E-state index in [1.807, 2.05) is 59.3 Å². The van der Waals surface area contributed by atoms with Crippen LogP contribution in [0.5, 0.6) is 5.75 Å². The van der Waals surface area contributed by atoms with Crippen LogP contribution in [0.1, 0.15) is 11.3 Å². The van der Waals surface area contributed by atoms with Gasteiger partial charge in [0.05, 0.1) is 12.8 Å². The van der Waals surface area contributed by atoms with Crippen molar-refractivity contribution in [3.8, 4) is 5.75 Å². The molecular weight excluding hydrogens is 340 g/mol. The fraction of sp³-hybridized carbons (Fsp3) is 0.136. The summed E-state index contributed by atoms with van der Waals surface area (Å²) in [7, 11) is 0. The lowest BCUT2D eigenvalue weighted by Crippen LogP contribution is -2.32. The molecule has 1 amide bonds. The predicted molar refractivity (Wildman–Crippen MR) is 103 cm³/mol. The number of hydrogen-bond acceptors (Lipinski definition) is 3. The fourth-order valence-electron chi connectivity index (χ4n) is 3.20. The molecule has 5 heteroatoms. The van der Waals surface area contributed by atoms with Crippen LogP contribution >= 0.6 is 0 Å². The summed E-state index contributed by atoms with van der Waals surface area (Å²) >= 11 is 0. The summed E-state index contributed by atoms with van der Waals surface area (Å²) in [4.78, 5) is 14.8. The lowest BCUT2D eigenvalue weighted by Gasteiger charge is -2.23. The van der Waals surface area contributed by atoms with Crippen molar-refractivity contribution in [2.75, 3.05) is 0 Å². The number of fused-ring (bicyclic) bond motifs is 1. The average molecular weight is 360 g/mol. The molecule has 0 aliphatic heterocycles. The predicted octanol–water partition coefficient (Wildman–Crippen LogP) is 4.17. The van der Waals surface area contributed by atoms with Gasteiger partial charge in [-0.05, 0) is 35.7 Å². The SMILES string of the molecule is O=C(Cn1ccc2ccccc21)N(Cc1ccco1)Cc1ccccc1O. The lowest BCUT2D eigenvalue weighted by molar-refractivity contribution is -0.133. The van der Waals surface area contributed by atoms with Crippen molar-refractivity contribution in [3.63, 3.8) is 0 Å². The third-order valence-electron chi connectivity index (χ3n) is 4.62. The quantitative estimate of drug-likeness (QED) is 0.561. The first-order chi connectivity index (χ1) is 13.2. The van der Waals surface area contributed by atoms with Gasteiger partial charge in [0, 0.05) is 23.8 Å². The number of para-hydroxylation sites is 2. The molecule has 0 aliphatic carbocycles. The number of amides is 1. The zero-order chi connectivity index (χ0) is 18.6. The molecule has 0 unspecified atom stereocenters. The van der Waals surface area contributed by atoms with Gasteiger partial charge >= 0.3 is 0 Å². The maximum absolute atomic E-state index is 13.1. The maximum atomic E-state index is 13.1. The number of aromatic hydroxyl groups is 1. The summed E-state index contributed by atoms with van der Waals surface area (Å²) in [6, 6.07) is 20.7. The van der Waals surface area contributed by atoms with Crippen LogP contribution in [0.15, 0.2) is 83.6 Å². The van der Waals surface area contributed by atoms with Crippen LogP contribution < -0.4 is 0 Å². The molecule has 0 atom stereocenters. The molecule has 1 N–H and O–H groups in total. The smallest absolute Gasteiger partial charge is 0.243 e. The van der Waals surface area contributed by atoms with Crippen molar-refractivity contribution in [1.29, 1.82) is 0 Å². The number of nitrogens with zero attached hydrogens (tertiary/aromatic N) is 2. The van der Waals surface area contributed by atoms with Crippen LogP contribution in [0, 0.1) is 0 Å². The molecule has 136 valence electrons. The topological polar surface area (TPSA) is 58.6 Å². The van der Waals surface area contributed by atoms with Crippen molar-refractivity contribution < 1.29 is 14.3 Å². The fourth-order valence-corrected chi connectivity index (χ4v) is 3.20. The van der Waals surface area contributed by atoms with E-state index < -0.39 is 0 Å². The van der Waals surface area contributed by atoms with Gasteiger partial charge in [-0.1, -0.05) is 36.4 Å². The minimum absolute atomic E-state index is 0.0454. The number of benzene rings is 2. The molecule has 0 radical (unpaired) electrons. The molecule has 4 rings (SSSR count). The van der Waals surface area contributed by atoms with Crippen molar-refractivity contribution in [2.24, 2.45) is 0 Å². The second-order valence-electron chi connectivity index (χ2n) is 6.46. The molecule has 2 aromatic heterocycles. The zero-order valence-corrected chi connectivity index (χ0v) is 14.8. The van der Waals surface area contributed by atoms with E-state index in [1.54, 1.807) is 29.4 Å². The minimum atomic E-state index is -0.0454. The van der Waals surface area contributed by atoms with Crippen molar-refractivity contribution >= 4 is 16.8 Å². The molecule has 2 aromatic carbocycles. The first-order valence-electron chi connectivity index (χ1n) is 8.81. The number of furan rings is 1. The number of rotatable bonds is 6. The molecular formula is C22H20N2O3. The number of carbonyl (C=O) groups is 1. The Morgan fingerprint density at radius 1 is 0.963 bits per heavy atom. The molecule has 4 aromatic rings. The minimum Gasteiger partial charge on any atom is -0.508 e. The highest BCUT2D eigenvalue weighted by Crippen LogP contribution is 2.21. The summed E-state index contributed by atoms with van der Waals surface area (Å²) in [5.74, 6) is 0.841. The van der Waals surface area contributed by atoms with E-state index >= 15 is 0 Å². The Labute approximate surface area is 157 Å². The van der Waals surface area contributed by atoms with E-state index in [9.17, 15) is 9.90 Å². The Morgan fingerprint density at radius 3 is 2.59 bits per heavy atom. The average Bonchev–Trinajstić information content (AvgIpc) is 3.33. The highest BCUT2D eigenvalue weighted by atomic mass is 16.3. The second kappa shape index (κ2) is 7.41.